The summed E-state index contributed by atoms with van der Waals surface area (Å²) in [5.74, 6) is -2.12. The molecule has 25 heavy (non-hydrogen) atoms. The Labute approximate surface area is 147 Å². The van der Waals surface area contributed by atoms with Gasteiger partial charge in [-0.2, -0.15) is 0 Å². The molecular weight excluding hydrogens is 347 g/mol. The first-order valence-corrected chi connectivity index (χ1v) is 7.94. The topological polar surface area (TPSA) is 71.2 Å². The van der Waals surface area contributed by atoms with Crippen LogP contribution in [0.2, 0.25) is 5.02 Å². The van der Waals surface area contributed by atoms with Gasteiger partial charge < -0.3 is 15.0 Å². The van der Waals surface area contributed by atoms with Crippen molar-refractivity contribution in [2.24, 2.45) is 0 Å². The Hall–Kier alpha value is -2.86. The highest BCUT2D eigenvalue weighted by Crippen LogP contribution is 2.30. The van der Waals surface area contributed by atoms with Gasteiger partial charge in [0.15, 0.2) is 0 Å². The summed E-state index contributed by atoms with van der Waals surface area (Å²) in [7, 11) is 0. The number of carbonyl (C=O) groups is 2. The summed E-state index contributed by atoms with van der Waals surface area (Å²) >= 11 is 5.93. The number of benzene rings is 2. The maximum Gasteiger partial charge on any atom is 0.356 e. The molecule has 0 radical (unpaired) electrons. The number of anilines is 1. The average Bonchev–Trinajstić information content (AvgIpc) is 2.94. The number of fused-ring (bicyclic) bond motifs is 1. The SMILES string of the molecule is CCOC(=O)c1[nH]c2ccccc2c1NC(=O)c1c(F)cccc1Cl. The van der Waals surface area contributed by atoms with Gasteiger partial charge in [0.1, 0.15) is 11.5 Å². The number of H-pyrrole nitrogens is 1. The number of carbonyl (C=O) groups excluding carboxylic acids is 2. The van der Waals surface area contributed by atoms with Gasteiger partial charge in [-0.1, -0.05) is 35.9 Å². The zero-order valence-electron chi connectivity index (χ0n) is 13.2. The molecule has 1 amide bonds. The molecule has 0 saturated heterocycles. The Bertz CT molecular complexity index is 948. The summed E-state index contributed by atoms with van der Waals surface area (Å²) in [6.45, 7) is 1.86. The molecule has 128 valence electrons. The van der Waals surface area contributed by atoms with Crippen LogP contribution in [0.1, 0.15) is 27.8 Å². The Morgan fingerprint density at radius 3 is 2.68 bits per heavy atom. The molecule has 0 aliphatic carbocycles. The summed E-state index contributed by atoms with van der Waals surface area (Å²) in [4.78, 5) is 27.6. The van der Waals surface area contributed by atoms with Crippen molar-refractivity contribution in [3.05, 3.63) is 64.6 Å². The fourth-order valence-corrected chi connectivity index (χ4v) is 2.77. The third kappa shape index (κ3) is 3.21. The molecule has 0 atom stereocenters. The van der Waals surface area contributed by atoms with E-state index in [4.69, 9.17) is 16.3 Å². The van der Waals surface area contributed by atoms with Crippen LogP contribution >= 0.6 is 11.6 Å². The highest BCUT2D eigenvalue weighted by atomic mass is 35.5. The Kier molecular flexibility index (Phi) is 4.72. The first-order chi connectivity index (χ1) is 12.0. The van der Waals surface area contributed by atoms with Gasteiger partial charge in [-0.25, -0.2) is 9.18 Å². The lowest BCUT2D eigenvalue weighted by molar-refractivity contribution is 0.0522. The van der Waals surface area contributed by atoms with Crippen molar-refractivity contribution in [2.45, 2.75) is 6.92 Å². The summed E-state index contributed by atoms with van der Waals surface area (Å²) < 4.78 is 19.0. The molecular formula is C18H14ClFN2O3. The number of ether oxygens (including phenoxy) is 1. The van der Waals surface area contributed by atoms with Gasteiger partial charge in [0, 0.05) is 10.9 Å². The second kappa shape index (κ2) is 6.94. The van der Waals surface area contributed by atoms with Gasteiger partial charge in [-0.15, -0.1) is 0 Å². The predicted molar refractivity (Wildman–Crippen MR) is 93.6 cm³/mol. The number of amides is 1. The predicted octanol–water partition coefficient (Wildman–Crippen LogP) is 4.39. The van der Waals surface area contributed by atoms with Crippen molar-refractivity contribution < 1.29 is 18.7 Å². The van der Waals surface area contributed by atoms with Crippen molar-refractivity contribution in [3.8, 4) is 0 Å². The van der Waals surface area contributed by atoms with Gasteiger partial charge in [0.25, 0.3) is 5.91 Å². The van der Waals surface area contributed by atoms with Crippen molar-refractivity contribution >= 4 is 40.1 Å². The third-order valence-corrected chi connectivity index (χ3v) is 3.93. The smallest absolute Gasteiger partial charge is 0.356 e. The fourth-order valence-electron chi connectivity index (χ4n) is 2.52. The van der Waals surface area contributed by atoms with Gasteiger partial charge >= 0.3 is 5.97 Å². The van der Waals surface area contributed by atoms with E-state index in [0.717, 1.165) is 6.07 Å². The number of rotatable bonds is 4. The van der Waals surface area contributed by atoms with Crippen LogP contribution in [0, 0.1) is 5.82 Å². The van der Waals surface area contributed by atoms with E-state index in [1.807, 2.05) is 0 Å². The summed E-state index contributed by atoms with van der Waals surface area (Å²) in [6.07, 6.45) is 0. The summed E-state index contributed by atoms with van der Waals surface area (Å²) in [5.41, 5.74) is 0.659. The molecule has 3 rings (SSSR count). The number of esters is 1. The van der Waals surface area contributed by atoms with Crippen molar-refractivity contribution in [1.29, 1.82) is 0 Å². The zero-order valence-corrected chi connectivity index (χ0v) is 14.0. The lowest BCUT2D eigenvalue weighted by atomic mass is 10.1. The summed E-state index contributed by atoms with van der Waals surface area (Å²) in [6, 6.07) is 11.0. The molecule has 0 unspecified atom stereocenters. The molecule has 0 fully saturated rings. The van der Waals surface area contributed by atoms with Gasteiger partial charge in [-0.3, -0.25) is 4.79 Å². The number of hydrogen-bond acceptors (Lipinski definition) is 3. The van der Waals surface area contributed by atoms with E-state index in [1.54, 1.807) is 31.2 Å². The maximum atomic E-state index is 14.0. The molecule has 0 spiro atoms. The quantitative estimate of drug-likeness (QED) is 0.678. The van der Waals surface area contributed by atoms with Crippen LogP contribution in [-0.4, -0.2) is 23.5 Å². The second-order valence-electron chi connectivity index (χ2n) is 5.19. The molecule has 1 aromatic heterocycles. The van der Waals surface area contributed by atoms with Crippen LogP contribution < -0.4 is 5.32 Å². The maximum absolute atomic E-state index is 14.0. The largest absolute Gasteiger partial charge is 0.461 e. The first-order valence-electron chi connectivity index (χ1n) is 7.56. The number of aromatic amines is 1. The van der Waals surface area contributed by atoms with Crippen molar-refractivity contribution in [3.63, 3.8) is 0 Å². The Balaban J connectivity index is 2.07. The Morgan fingerprint density at radius 1 is 1.20 bits per heavy atom. The molecule has 0 aliphatic heterocycles. The molecule has 5 nitrogen and oxygen atoms in total. The van der Waals surface area contributed by atoms with Gasteiger partial charge in [-0.05, 0) is 25.1 Å². The highest BCUT2D eigenvalue weighted by molar-refractivity contribution is 6.34. The molecule has 2 aromatic carbocycles. The molecule has 2 N–H and O–H groups in total. The fraction of sp³-hybridized carbons (Fsp3) is 0.111. The van der Waals surface area contributed by atoms with Gasteiger partial charge in [0.05, 0.1) is 22.9 Å². The monoisotopic (exact) mass is 360 g/mol. The number of nitrogens with one attached hydrogen (secondary N) is 2. The van der Waals surface area contributed by atoms with E-state index in [9.17, 15) is 14.0 Å². The number of hydrogen-bond donors (Lipinski definition) is 2. The van der Waals surface area contributed by atoms with Crippen molar-refractivity contribution in [1.82, 2.24) is 4.98 Å². The molecule has 0 saturated carbocycles. The van der Waals surface area contributed by atoms with E-state index < -0.39 is 17.7 Å². The molecule has 0 bridgehead atoms. The minimum Gasteiger partial charge on any atom is -0.461 e. The number of aromatic nitrogens is 1. The van der Waals surface area contributed by atoms with Crippen LogP contribution in [-0.2, 0) is 4.74 Å². The number of para-hydroxylation sites is 1. The molecule has 0 aliphatic rings. The average molecular weight is 361 g/mol. The van der Waals surface area contributed by atoms with Crippen LogP contribution in [0.4, 0.5) is 10.1 Å². The third-order valence-electron chi connectivity index (χ3n) is 3.61. The van der Waals surface area contributed by atoms with Crippen LogP contribution in [0.25, 0.3) is 10.9 Å². The van der Waals surface area contributed by atoms with E-state index >= 15 is 0 Å². The molecule has 7 heteroatoms. The van der Waals surface area contributed by atoms with E-state index in [0.29, 0.717) is 10.9 Å². The van der Waals surface area contributed by atoms with Gasteiger partial charge in [0.2, 0.25) is 0 Å². The first kappa shape index (κ1) is 17.0. The van der Waals surface area contributed by atoms with Crippen LogP contribution in [0.5, 0.6) is 0 Å². The number of halogens is 2. The van der Waals surface area contributed by atoms with E-state index in [2.05, 4.69) is 10.3 Å². The minimum absolute atomic E-state index is 0.0185. The van der Waals surface area contributed by atoms with Crippen LogP contribution in [0.15, 0.2) is 42.5 Å². The zero-order chi connectivity index (χ0) is 18.0. The highest BCUT2D eigenvalue weighted by Gasteiger charge is 2.23. The standard InChI is InChI=1S/C18H14ClFN2O3/c1-2-25-18(24)16-15(10-6-3-4-9-13(10)21-16)22-17(23)14-11(19)7-5-8-12(14)20/h3-9,21H,2H2,1H3,(H,22,23). The van der Waals surface area contributed by atoms with E-state index in [-0.39, 0.29) is 28.6 Å². The minimum atomic E-state index is -0.751. The molecule has 1 heterocycles. The van der Waals surface area contributed by atoms with Crippen LogP contribution in [0.3, 0.4) is 0 Å². The normalized spacial score (nSPS) is 10.7. The van der Waals surface area contributed by atoms with E-state index in [1.165, 1.54) is 12.1 Å². The Morgan fingerprint density at radius 2 is 1.96 bits per heavy atom. The van der Waals surface area contributed by atoms with Crippen molar-refractivity contribution in [2.75, 3.05) is 11.9 Å². The summed E-state index contributed by atoms with van der Waals surface area (Å²) in [5, 5.41) is 3.16. The lowest BCUT2D eigenvalue weighted by Crippen LogP contribution is -2.17. The lowest BCUT2D eigenvalue weighted by Gasteiger charge is -2.09. The second-order valence-corrected chi connectivity index (χ2v) is 5.60. The molecule has 3 aromatic rings.